The molecule has 6 nitrogen and oxygen atoms in total. The van der Waals surface area contributed by atoms with Gasteiger partial charge in [0.25, 0.3) is 0 Å². The minimum atomic E-state index is -3.47. The second-order valence-electron chi connectivity index (χ2n) is 6.27. The molecule has 142 valence electrons. The fraction of sp³-hybridized carbons (Fsp3) is 0.263. The molecule has 2 aromatic carbocycles. The fourth-order valence-electron chi connectivity index (χ4n) is 2.86. The van der Waals surface area contributed by atoms with Gasteiger partial charge in [-0.15, -0.1) is 0 Å². The van der Waals surface area contributed by atoms with Crippen LogP contribution in [0.5, 0.6) is 0 Å². The van der Waals surface area contributed by atoms with Crippen LogP contribution in [-0.4, -0.2) is 54.7 Å². The zero-order valence-electron chi connectivity index (χ0n) is 15.0. The van der Waals surface area contributed by atoms with Crippen LogP contribution in [0.4, 0.5) is 5.69 Å². The molecule has 8 heteroatoms. The smallest absolute Gasteiger partial charge is 0.243 e. The minimum Gasteiger partial charge on any atom is -0.346 e. The van der Waals surface area contributed by atoms with Crippen molar-refractivity contribution in [2.24, 2.45) is 0 Å². The lowest BCUT2D eigenvalue weighted by atomic mass is 10.1. The van der Waals surface area contributed by atoms with E-state index in [2.05, 4.69) is 5.32 Å². The highest BCUT2D eigenvalue weighted by molar-refractivity contribution is 7.89. The summed E-state index contributed by atoms with van der Waals surface area (Å²) in [7, 11) is -3.47. The molecular formula is C19H21N3O3S2. The largest absolute Gasteiger partial charge is 0.346 e. The number of carbonyl (C=O) groups is 1. The van der Waals surface area contributed by atoms with Gasteiger partial charge >= 0.3 is 0 Å². The number of thiocarbonyl (C=S) groups is 1. The number of hydrogen-bond acceptors (Lipinski definition) is 4. The van der Waals surface area contributed by atoms with Gasteiger partial charge in [0.1, 0.15) is 0 Å². The Morgan fingerprint density at radius 3 is 2.11 bits per heavy atom. The number of hydrogen-bond donors (Lipinski definition) is 1. The van der Waals surface area contributed by atoms with E-state index in [1.165, 1.54) is 11.2 Å². The van der Waals surface area contributed by atoms with Crippen molar-refractivity contribution in [1.82, 2.24) is 9.21 Å². The second-order valence-corrected chi connectivity index (χ2v) is 8.59. The fourth-order valence-corrected chi connectivity index (χ4v) is 4.61. The van der Waals surface area contributed by atoms with Crippen molar-refractivity contribution in [3.05, 3.63) is 60.2 Å². The topological polar surface area (TPSA) is 69.7 Å². The summed E-state index contributed by atoms with van der Waals surface area (Å²) in [5.74, 6) is 0.0138. The Balaban J connectivity index is 1.58. The maximum absolute atomic E-state index is 12.7. The van der Waals surface area contributed by atoms with E-state index in [1.54, 1.807) is 54.6 Å². The number of carbonyl (C=O) groups excluding carboxylic acids is 1. The van der Waals surface area contributed by atoms with Gasteiger partial charge in [0.05, 0.1) is 4.90 Å². The first-order valence-corrected chi connectivity index (χ1v) is 10.4. The molecule has 0 unspecified atom stereocenters. The lowest BCUT2D eigenvalue weighted by Gasteiger charge is -2.35. The molecule has 1 heterocycles. The minimum absolute atomic E-state index is 0.0138. The van der Waals surface area contributed by atoms with E-state index in [9.17, 15) is 13.2 Å². The highest BCUT2D eigenvalue weighted by atomic mass is 32.2. The summed E-state index contributed by atoms with van der Waals surface area (Å²) in [6.45, 7) is 3.31. The van der Waals surface area contributed by atoms with E-state index >= 15 is 0 Å². The van der Waals surface area contributed by atoms with E-state index in [4.69, 9.17) is 12.2 Å². The Kier molecular flexibility index (Phi) is 5.88. The van der Waals surface area contributed by atoms with Crippen molar-refractivity contribution in [3.8, 4) is 0 Å². The number of nitrogens with one attached hydrogen (secondary N) is 1. The third kappa shape index (κ3) is 4.52. The van der Waals surface area contributed by atoms with Gasteiger partial charge in [-0.2, -0.15) is 4.31 Å². The van der Waals surface area contributed by atoms with Crippen LogP contribution >= 0.6 is 12.2 Å². The van der Waals surface area contributed by atoms with E-state index in [1.807, 2.05) is 4.90 Å². The summed E-state index contributed by atoms with van der Waals surface area (Å²) >= 11 is 5.45. The van der Waals surface area contributed by atoms with Crippen LogP contribution < -0.4 is 5.32 Å². The number of sulfonamides is 1. The average Bonchev–Trinajstić information content (AvgIpc) is 2.69. The molecule has 0 bridgehead atoms. The van der Waals surface area contributed by atoms with Crippen molar-refractivity contribution in [2.45, 2.75) is 11.8 Å². The highest BCUT2D eigenvalue weighted by Crippen LogP contribution is 2.18. The normalized spacial score (nSPS) is 15.4. The number of anilines is 1. The Morgan fingerprint density at radius 1 is 0.963 bits per heavy atom. The standard InChI is InChI=1S/C19H21N3O3S2/c1-15(23)16-7-9-17(10-8-16)20-19(26)21-11-13-22(14-12-21)27(24,25)18-5-3-2-4-6-18/h2-10H,11-14H2,1H3,(H,20,26). The van der Waals surface area contributed by atoms with Gasteiger partial charge in [0.15, 0.2) is 10.9 Å². The van der Waals surface area contributed by atoms with Crippen LogP contribution in [0, 0.1) is 0 Å². The van der Waals surface area contributed by atoms with Gasteiger partial charge in [0, 0.05) is 37.4 Å². The van der Waals surface area contributed by atoms with E-state index in [-0.39, 0.29) is 5.78 Å². The molecule has 0 aliphatic carbocycles. The summed E-state index contributed by atoms with van der Waals surface area (Å²) in [4.78, 5) is 13.6. The molecule has 1 aliphatic heterocycles. The number of piperazine rings is 1. The lowest BCUT2D eigenvalue weighted by Crippen LogP contribution is -2.51. The molecule has 1 aliphatic rings. The summed E-state index contributed by atoms with van der Waals surface area (Å²) in [5.41, 5.74) is 1.44. The zero-order valence-corrected chi connectivity index (χ0v) is 16.6. The zero-order chi connectivity index (χ0) is 19.4. The monoisotopic (exact) mass is 403 g/mol. The van der Waals surface area contributed by atoms with Gasteiger partial charge in [-0.05, 0) is 55.5 Å². The van der Waals surface area contributed by atoms with Crippen LogP contribution in [0.15, 0.2) is 59.5 Å². The Bertz CT molecular complexity index is 920. The first kappa shape index (κ1) is 19.5. The van der Waals surface area contributed by atoms with Crippen LogP contribution in [0.1, 0.15) is 17.3 Å². The van der Waals surface area contributed by atoms with Crippen LogP contribution in [-0.2, 0) is 10.0 Å². The van der Waals surface area contributed by atoms with Gasteiger partial charge < -0.3 is 10.2 Å². The maximum atomic E-state index is 12.7. The molecule has 1 N–H and O–H groups in total. The quantitative estimate of drug-likeness (QED) is 0.625. The third-order valence-electron chi connectivity index (χ3n) is 4.45. The number of Topliss-reactive ketones (excluding diaryl/α,β-unsaturated/α-hetero) is 1. The Morgan fingerprint density at radius 2 is 1.56 bits per heavy atom. The molecule has 3 rings (SSSR count). The summed E-state index contributed by atoms with van der Waals surface area (Å²) < 4.78 is 26.8. The molecule has 0 saturated carbocycles. The van der Waals surface area contributed by atoms with Gasteiger partial charge in [-0.1, -0.05) is 18.2 Å². The predicted octanol–water partition coefficient (Wildman–Crippen LogP) is 2.59. The molecule has 1 saturated heterocycles. The first-order chi connectivity index (χ1) is 12.9. The Labute approximate surface area is 164 Å². The molecule has 0 amide bonds. The number of nitrogens with zero attached hydrogens (tertiary/aromatic N) is 2. The highest BCUT2D eigenvalue weighted by Gasteiger charge is 2.29. The molecular weight excluding hydrogens is 382 g/mol. The predicted molar refractivity (Wildman–Crippen MR) is 109 cm³/mol. The van der Waals surface area contributed by atoms with Gasteiger partial charge in [-0.3, -0.25) is 4.79 Å². The number of benzene rings is 2. The van der Waals surface area contributed by atoms with Crippen molar-refractivity contribution >= 4 is 38.8 Å². The van der Waals surface area contributed by atoms with Crippen molar-refractivity contribution in [1.29, 1.82) is 0 Å². The molecule has 0 radical (unpaired) electrons. The number of rotatable bonds is 4. The molecule has 0 spiro atoms. The third-order valence-corrected chi connectivity index (χ3v) is 6.72. The summed E-state index contributed by atoms with van der Waals surface area (Å²) in [5, 5.41) is 3.68. The first-order valence-electron chi connectivity index (χ1n) is 8.60. The van der Waals surface area contributed by atoms with Crippen molar-refractivity contribution in [2.75, 3.05) is 31.5 Å². The van der Waals surface area contributed by atoms with E-state index in [0.717, 1.165) is 5.69 Å². The number of ketones is 1. The second kappa shape index (κ2) is 8.16. The van der Waals surface area contributed by atoms with Crippen molar-refractivity contribution in [3.63, 3.8) is 0 Å². The van der Waals surface area contributed by atoms with Crippen LogP contribution in [0.25, 0.3) is 0 Å². The molecule has 0 aromatic heterocycles. The Hall–Kier alpha value is -2.29. The molecule has 27 heavy (non-hydrogen) atoms. The van der Waals surface area contributed by atoms with Gasteiger partial charge in [0.2, 0.25) is 10.0 Å². The van der Waals surface area contributed by atoms with E-state index < -0.39 is 10.0 Å². The lowest BCUT2D eigenvalue weighted by molar-refractivity contribution is 0.101. The van der Waals surface area contributed by atoms with E-state index in [0.29, 0.717) is 41.8 Å². The molecule has 2 aromatic rings. The van der Waals surface area contributed by atoms with Crippen molar-refractivity contribution < 1.29 is 13.2 Å². The van der Waals surface area contributed by atoms with Crippen LogP contribution in [0.3, 0.4) is 0 Å². The van der Waals surface area contributed by atoms with Crippen LogP contribution in [0.2, 0.25) is 0 Å². The average molecular weight is 404 g/mol. The molecule has 0 atom stereocenters. The summed E-state index contributed by atoms with van der Waals surface area (Å²) in [6, 6.07) is 15.6. The molecule has 1 fully saturated rings. The van der Waals surface area contributed by atoms with Gasteiger partial charge in [-0.25, -0.2) is 8.42 Å². The maximum Gasteiger partial charge on any atom is 0.243 e. The SMILES string of the molecule is CC(=O)c1ccc(NC(=S)N2CCN(S(=O)(=O)c3ccccc3)CC2)cc1. The summed E-state index contributed by atoms with van der Waals surface area (Å²) in [6.07, 6.45) is 0.